The summed E-state index contributed by atoms with van der Waals surface area (Å²) in [6.07, 6.45) is 31.2. The van der Waals surface area contributed by atoms with Crippen molar-refractivity contribution in [2.45, 2.75) is 286 Å². The number of carbonyl (C=O) groups excluding carboxylic acids is 1. The Bertz CT molecular complexity index is 1220. The van der Waals surface area contributed by atoms with E-state index in [1.165, 1.54) is 173 Å². The summed E-state index contributed by atoms with van der Waals surface area (Å²) in [4.78, 5) is 12.3. The first-order valence-electron chi connectivity index (χ1n) is 27.1. The molecular formula is C53H99NO13. The summed E-state index contributed by atoms with van der Waals surface area (Å²) >= 11 is 0. The zero-order chi connectivity index (χ0) is 48.9. The minimum atomic E-state index is -1.79. The fraction of sp³-hybridized carbons (Fsp3) is 0.906. The summed E-state index contributed by atoms with van der Waals surface area (Å²) in [5.41, 5.74) is 0. The molecule has 2 fully saturated rings. The van der Waals surface area contributed by atoms with Gasteiger partial charge in [0.05, 0.1) is 32.0 Å². The Morgan fingerprint density at radius 1 is 0.522 bits per heavy atom. The van der Waals surface area contributed by atoms with Gasteiger partial charge in [-0.25, -0.2) is 0 Å². The topological polar surface area (TPSA) is 228 Å². The van der Waals surface area contributed by atoms with E-state index in [-0.39, 0.29) is 18.9 Å². The van der Waals surface area contributed by atoms with Crippen LogP contribution in [0.1, 0.15) is 213 Å². The predicted octanol–water partition coefficient (Wildman–Crippen LogP) is 7.72. The molecule has 12 unspecified atom stereocenters. The minimum Gasteiger partial charge on any atom is -0.394 e. The number of unbranched alkanes of at least 4 members (excludes halogenated alkanes) is 28. The average Bonchev–Trinajstić information content (AvgIpc) is 3.33. The Morgan fingerprint density at radius 2 is 0.940 bits per heavy atom. The third-order valence-electron chi connectivity index (χ3n) is 13.5. The van der Waals surface area contributed by atoms with Crippen LogP contribution in [0.5, 0.6) is 0 Å². The Kier molecular flexibility index (Phi) is 36.9. The highest BCUT2D eigenvalue weighted by Crippen LogP contribution is 2.30. The first kappa shape index (κ1) is 61.6. The van der Waals surface area contributed by atoms with Gasteiger partial charge >= 0.3 is 0 Å². The van der Waals surface area contributed by atoms with Crippen molar-refractivity contribution in [3.63, 3.8) is 0 Å². The third-order valence-corrected chi connectivity index (χ3v) is 13.5. The van der Waals surface area contributed by atoms with E-state index in [0.717, 1.165) is 12.8 Å². The van der Waals surface area contributed by atoms with E-state index in [4.69, 9.17) is 18.9 Å². The second-order valence-electron chi connectivity index (χ2n) is 19.3. The fourth-order valence-corrected chi connectivity index (χ4v) is 8.98. The van der Waals surface area contributed by atoms with E-state index in [0.29, 0.717) is 6.42 Å². The molecule has 67 heavy (non-hydrogen) atoms. The average molecular weight is 958 g/mol. The number of carbonyl (C=O) groups is 1. The second kappa shape index (κ2) is 40.1. The molecule has 2 aliphatic rings. The maximum atomic E-state index is 12.3. The predicted molar refractivity (Wildman–Crippen MR) is 263 cm³/mol. The first-order chi connectivity index (χ1) is 32.6. The summed E-state index contributed by atoms with van der Waals surface area (Å²) in [6, 6.07) is -0.925. The normalized spacial score (nSPS) is 26.7. The zero-order valence-corrected chi connectivity index (χ0v) is 41.9. The van der Waals surface area contributed by atoms with Crippen LogP contribution >= 0.6 is 0 Å². The maximum Gasteiger partial charge on any atom is 0.220 e. The SMILES string of the molecule is CCCCCCCCCCCCCCCCCCCCCCCCCCCCC/C=C/CC/C=C/C(O)C(COC1OC(CO)C(OC2OC(CO)C(O)C(O)C2O)C(O)C1O)NC(=O)CC. The van der Waals surface area contributed by atoms with Crippen molar-refractivity contribution >= 4 is 5.91 Å². The summed E-state index contributed by atoms with van der Waals surface area (Å²) in [5.74, 6) is -0.337. The summed E-state index contributed by atoms with van der Waals surface area (Å²) in [7, 11) is 0. The van der Waals surface area contributed by atoms with Crippen molar-refractivity contribution < 1.29 is 64.6 Å². The molecular weight excluding hydrogens is 859 g/mol. The van der Waals surface area contributed by atoms with Gasteiger partial charge in [-0.1, -0.05) is 205 Å². The molecule has 14 nitrogen and oxygen atoms in total. The molecule has 0 bridgehead atoms. The molecule has 0 spiro atoms. The van der Waals surface area contributed by atoms with Crippen LogP contribution in [0, 0.1) is 0 Å². The lowest BCUT2D eigenvalue weighted by Crippen LogP contribution is -2.65. The standard InChI is InChI=1S/C53H99NO13/c1-3-5-6-7-8-9-10-11-12-13-14-15-16-17-18-19-20-21-22-23-24-25-26-27-28-29-30-31-32-33-34-35-36-37-42(57)41(54-45(58)4-2)40-64-52-50(63)48(61)51(44(39-56)66-52)67-53-49(62)47(60)46(59)43(38-55)65-53/h32-33,36-37,41-44,46-53,55-57,59-63H,3-31,34-35,38-40H2,1-2H3,(H,54,58)/b33-32+,37-36+. The van der Waals surface area contributed by atoms with Gasteiger partial charge in [-0.15, -0.1) is 0 Å². The minimum absolute atomic E-state index is 0.155. The van der Waals surface area contributed by atoms with Gasteiger partial charge in [0.1, 0.15) is 48.8 Å². The summed E-state index contributed by atoms with van der Waals surface area (Å²) in [6.45, 7) is 2.21. The largest absolute Gasteiger partial charge is 0.394 e. The molecule has 14 heteroatoms. The number of amides is 1. The number of hydrogen-bond donors (Lipinski definition) is 9. The van der Waals surface area contributed by atoms with E-state index in [9.17, 15) is 45.6 Å². The van der Waals surface area contributed by atoms with Crippen LogP contribution in [0.2, 0.25) is 0 Å². The Labute approximate surface area is 405 Å². The van der Waals surface area contributed by atoms with Crippen molar-refractivity contribution in [2.24, 2.45) is 0 Å². The summed E-state index contributed by atoms with van der Waals surface area (Å²) in [5, 5.41) is 85.4. The number of rotatable bonds is 42. The Morgan fingerprint density at radius 3 is 1.40 bits per heavy atom. The number of hydrogen-bond acceptors (Lipinski definition) is 13. The highest BCUT2D eigenvalue weighted by Gasteiger charge is 2.51. The van der Waals surface area contributed by atoms with Crippen molar-refractivity contribution in [3.05, 3.63) is 24.3 Å². The quantitative estimate of drug-likeness (QED) is 0.0211. The lowest BCUT2D eigenvalue weighted by molar-refractivity contribution is -0.359. The molecule has 9 N–H and O–H groups in total. The monoisotopic (exact) mass is 958 g/mol. The maximum absolute atomic E-state index is 12.3. The van der Waals surface area contributed by atoms with Crippen LogP contribution in [0.3, 0.4) is 0 Å². The Hall–Kier alpha value is -1.53. The first-order valence-corrected chi connectivity index (χ1v) is 27.1. The zero-order valence-electron chi connectivity index (χ0n) is 41.9. The van der Waals surface area contributed by atoms with Crippen LogP contribution < -0.4 is 5.32 Å². The molecule has 12 atom stereocenters. The molecule has 0 aromatic heterocycles. The molecule has 2 saturated heterocycles. The van der Waals surface area contributed by atoms with Gasteiger partial charge in [0.2, 0.25) is 5.91 Å². The van der Waals surface area contributed by atoms with Gasteiger partial charge in [-0.2, -0.15) is 0 Å². The molecule has 2 rings (SSSR count). The van der Waals surface area contributed by atoms with Crippen LogP contribution in [-0.2, 0) is 23.7 Å². The van der Waals surface area contributed by atoms with Gasteiger partial charge in [0.15, 0.2) is 12.6 Å². The fourth-order valence-electron chi connectivity index (χ4n) is 8.98. The van der Waals surface area contributed by atoms with Gasteiger partial charge in [0, 0.05) is 6.42 Å². The van der Waals surface area contributed by atoms with Crippen molar-refractivity contribution in [1.82, 2.24) is 5.32 Å². The summed E-state index contributed by atoms with van der Waals surface area (Å²) < 4.78 is 22.3. The van der Waals surface area contributed by atoms with E-state index in [2.05, 4.69) is 24.4 Å². The van der Waals surface area contributed by atoms with Crippen molar-refractivity contribution in [2.75, 3.05) is 19.8 Å². The van der Waals surface area contributed by atoms with Crippen molar-refractivity contribution in [3.8, 4) is 0 Å². The number of ether oxygens (including phenoxy) is 4. The van der Waals surface area contributed by atoms with E-state index < -0.39 is 86.8 Å². The Balaban J connectivity index is 1.49. The molecule has 2 heterocycles. The van der Waals surface area contributed by atoms with Crippen LogP contribution in [0.25, 0.3) is 0 Å². The lowest BCUT2D eigenvalue weighted by Gasteiger charge is -2.46. The van der Waals surface area contributed by atoms with E-state index in [1.54, 1.807) is 13.0 Å². The van der Waals surface area contributed by atoms with Gasteiger partial charge in [-0.05, 0) is 25.7 Å². The smallest absolute Gasteiger partial charge is 0.220 e. The number of aliphatic hydroxyl groups excluding tert-OH is 8. The van der Waals surface area contributed by atoms with Crippen molar-refractivity contribution in [1.29, 1.82) is 0 Å². The van der Waals surface area contributed by atoms with Gasteiger partial charge in [0.25, 0.3) is 0 Å². The lowest BCUT2D eigenvalue weighted by atomic mass is 9.97. The highest BCUT2D eigenvalue weighted by molar-refractivity contribution is 5.75. The molecule has 2 aliphatic heterocycles. The van der Waals surface area contributed by atoms with E-state index >= 15 is 0 Å². The molecule has 0 saturated carbocycles. The number of nitrogens with one attached hydrogen (secondary N) is 1. The van der Waals surface area contributed by atoms with Gasteiger partial charge < -0.3 is 65.1 Å². The van der Waals surface area contributed by atoms with Crippen LogP contribution in [0.15, 0.2) is 24.3 Å². The molecule has 394 valence electrons. The molecule has 0 aromatic rings. The number of aliphatic hydroxyl groups is 8. The third kappa shape index (κ3) is 27.0. The highest BCUT2D eigenvalue weighted by atomic mass is 16.7. The molecule has 0 aromatic carbocycles. The molecule has 1 amide bonds. The number of allylic oxidation sites excluding steroid dienone is 3. The molecule has 0 radical (unpaired) electrons. The van der Waals surface area contributed by atoms with Gasteiger partial charge in [-0.3, -0.25) is 4.79 Å². The molecule has 0 aliphatic carbocycles. The van der Waals surface area contributed by atoms with Crippen LogP contribution in [-0.4, -0.2) is 140 Å². The van der Waals surface area contributed by atoms with Crippen LogP contribution in [0.4, 0.5) is 0 Å². The second-order valence-corrected chi connectivity index (χ2v) is 19.3. The van der Waals surface area contributed by atoms with E-state index in [1.807, 2.05) is 6.08 Å².